The fourth-order valence-corrected chi connectivity index (χ4v) is 1.12. The van der Waals surface area contributed by atoms with Crippen molar-refractivity contribution >= 4 is 0 Å². The first-order chi connectivity index (χ1) is 10.4. The van der Waals surface area contributed by atoms with Crippen LogP contribution in [0.1, 0.15) is 0 Å². The maximum atomic E-state index is 12.7. The lowest BCUT2D eigenvalue weighted by Crippen LogP contribution is -2.69. The molecule has 0 heterocycles. The zero-order chi connectivity index (χ0) is 21.1. The van der Waals surface area contributed by atoms with E-state index in [1.165, 1.54) is 0 Å². The average Bonchev–Trinajstić information content (AvgIpc) is 2.34. The van der Waals surface area contributed by atoms with Gasteiger partial charge in [-0.2, -0.15) is 70.2 Å². The van der Waals surface area contributed by atoms with Crippen LogP contribution >= 0.6 is 0 Å². The maximum Gasteiger partial charge on any atom is 0.460 e. The molecule has 1 atom stereocenters. The Bertz CT molecular complexity index is 478. The van der Waals surface area contributed by atoms with Gasteiger partial charge in [0.15, 0.2) is 0 Å². The van der Waals surface area contributed by atoms with E-state index in [2.05, 4.69) is 0 Å². The first-order valence-electron chi connectivity index (χ1n) is 5.07. The molecule has 17 heteroatoms. The molecule has 0 aromatic heterocycles. The molecule has 0 aromatic carbocycles. The molecule has 0 rings (SSSR count). The average molecular weight is 420 g/mol. The van der Waals surface area contributed by atoms with Crippen molar-refractivity contribution in [2.75, 3.05) is 0 Å². The van der Waals surface area contributed by atoms with Crippen LogP contribution in [-0.4, -0.2) is 48.1 Å². The van der Waals surface area contributed by atoms with Crippen molar-refractivity contribution in [3.63, 3.8) is 0 Å². The minimum absolute atomic E-state index is 6.78. The Morgan fingerprint density at radius 1 is 0.360 bits per heavy atom. The minimum Gasteiger partial charge on any atom is -0.234 e. The summed E-state index contributed by atoms with van der Waals surface area (Å²) in [7, 11) is 0. The molecule has 0 aliphatic rings. The van der Waals surface area contributed by atoms with Gasteiger partial charge in [0, 0.05) is 0 Å². The molecule has 0 nitrogen and oxygen atoms in total. The Morgan fingerprint density at radius 3 is 0.840 bits per heavy atom. The summed E-state index contributed by atoms with van der Waals surface area (Å²) in [6.45, 7) is 0. The minimum atomic E-state index is -8.15. The summed E-state index contributed by atoms with van der Waals surface area (Å²) in [6.07, 6.45) is -21.9. The van der Waals surface area contributed by atoms with Crippen LogP contribution in [0.25, 0.3) is 0 Å². The van der Waals surface area contributed by atoms with Crippen molar-refractivity contribution in [2.45, 2.75) is 48.1 Å². The Balaban J connectivity index is 6.28. The predicted octanol–water partition coefficient (Wildman–Crippen LogP) is 5.63. The lowest BCUT2D eigenvalue weighted by molar-refractivity contribution is -0.427. The Kier molecular flexibility index (Phi) is 5.38. The lowest BCUT2D eigenvalue weighted by atomic mass is 9.93. The van der Waals surface area contributed by atoms with E-state index in [9.17, 15) is 74.6 Å². The van der Waals surface area contributed by atoms with E-state index in [0.717, 1.165) is 0 Å². The fraction of sp³-hybridized carbons (Fsp3) is 1.00. The van der Waals surface area contributed by atoms with Crippen LogP contribution in [0, 0.1) is 0 Å². The van der Waals surface area contributed by atoms with Crippen LogP contribution in [0.4, 0.5) is 74.6 Å². The van der Waals surface area contributed by atoms with Gasteiger partial charge in [-0.15, -0.1) is 0 Å². The molecule has 0 aliphatic carbocycles. The molecule has 0 aliphatic heterocycles. The van der Waals surface area contributed by atoms with Gasteiger partial charge < -0.3 is 0 Å². The Morgan fingerprint density at radius 2 is 0.600 bits per heavy atom. The molecule has 0 saturated carbocycles. The predicted molar refractivity (Wildman–Crippen MR) is 41.7 cm³/mol. The second-order valence-electron chi connectivity index (χ2n) is 4.33. The summed E-state index contributed by atoms with van der Waals surface area (Å²) in [4.78, 5) is 0. The zero-order valence-electron chi connectivity index (χ0n) is 10.5. The van der Waals surface area contributed by atoms with Crippen LogP contribution < -0.4 is 0 Å². The zero-order valence-corrected chi connectivity index (χ0v) is 10.5. The van der Waals surface area contributed by atoms with Gasteiger partial charge in [-0.3, -0.25) is 0 Å². The van der Waals surface area contributed by atoms with E-state index in [-0.39, 0.29) is 0 Å². The molecular weight excluding hydrogens is 419 g/mol. The highest BCUT2D eigenvalue weighted by Gasteiger charge is 2.88. The third-order valence-electron chi connectivity index (χ3n) is 2.58. The van der Waals surface area contributed by atoms with Crippen molar-refractivity contribution < 1.29 is 74.6 Å². The van der Waals surface area contributed by atoms with Crippen molar-refractivity contribution in [3.05, 3.63) is 0 Å². The fourth-order valence-electron chi connectivity index (χ4n) is 1.12. The van der Waals surface area contributed by atoms with E-state index >= 15 is 0 Å². The largest absolute Gasteiger partial charge is 0.460 e. The van der Waals surface area contributed by atoms with Crippen LogP contribution in [0.15, 0.2) is 0 Å². The van der Waals surface area contributed by atoms with Crippen molar-refractivity contribution in [3.8, 4) is 0 Å². The smallest absolute Gasteiger partial charge is 0.234 e. The maximum absolute atomic E-state index is 12.7. The molecule has 0 fully saturated rings. The quantitative estimate of drug-likeness (QED) is 0.507. The standard InChI is InChI=1S/C8HF17/c9-1(3(12,13)5(16,17)7(20,21)22)2(10,11)4(14,15)6(18,19)8(23,24)25/h1H. The molecule has 0 aromatic rings. The molecule has 0 saturated heterocycles. The number of hydrogen-bond acceptors (Lipinski definition) is 0. The van der Waals surface area contributed by atoms with Crippen molar-refractivity contribution in [1.82, 2.24) is 0 Å². The second kappa shape index (κ2) is 5.65. The van der Waals surface area contributed by atoms with Gasteiger partial charge in [0.1, 0.15) is 0 Å². The van der Waals surface area contributed by atoms with Crippen molar-refractivity contribution in [1.29, 1.82) is 0 Å². The van der Waals surface area contributed by atoms with Gasteiger partial charge in [-0.05, 0) is 0 Å². The van der Waals surface area contributed by atoms with Crippen LogP contribution in [0.5, 0.6) is 0 Å². The summed E-state index contributed by atoms with van der Waals surface area (Å²) in [5.41, 5.74) is 0. The van der Waals surface area contributed by atoms with E-state index in [1.54, 1.807) is 0 Å². The second-order valence-corrected chi connectivity index (χ2v) is 4.33. The topological polar surface area (TPSA) is 0 Å². The van der Waals surface area contributed by atoms with Crippen LogP contribution in [-0.2, 0) is 0 Å². The number of hydrogen-bond donors (Lipinski definition) is 0. The third-order valence-corrected chi connectivity index (χ3v) is 2.58. The Hall–Kier alpha value is -1.19. The van der Waals surface area contributed by atoms with E-state index in [4.69, 9.17) is 0 Å². The van der Waals surface area contributed by atoms with Gasteiger partial charge in [0.25, 0.3) is 0 Å². The number of halogens is 17. The molecule has 152 valence electrons. The SMILES string of the molecule is FC(C(F)(F)C(F)(F)C(F)(F)F)C(F)(F)C(F)(F)C(F)(F)C(F)(F)F. The third kappa shape index (κ3) is 3.17. The molecule has 0 spiro atoms. The first-order valence-corrected chi connectivity index (χ1v) is 5.07. The van der Waals surface area contributed by atoms with E-state index in [1.807, 2.05) is 0 Å². The monoisotopic (exact) mass is 420 g/mol. The number of alkyl halides is 17. The van der Waals surface area contributed by atoms with Crippen LogP contribution in [0.3, 0.4) is 0 Å². The molecule has 25 heavy (non-hydrogen) atoms. The molecule has 0 bridgehead atoms. The normalized spacial score (nSPS) is 17.6. The van der Waals surface area contributed by atoms with Gasteiger partial charge >= 0.3 is 42.0 Å². The number of rotatable bonds is 5. The van der Waals surface area contributed by atoms with Crippen LogP contribution in [0.2, 0.25) is 0 Å². The summed E-state index contributed by atoms with van der Waals surface area (Å²) in [6, 6.07) is 0. The van der Waals surface area contributed by atoms with Gasteiger partial charge in [0.2, 0.25) is 6.17 Å². The molecular formula is C8HF17. The van der Waals surface area contributed by atoms with Gasteiger partial charge in [-0.1, -0.05) is 0 Å². The molecule has 0 N–H and O–H groups in total. The highest BCUT2D eigenvalue weighted by Crippen LogP contribution is 2.59. The molecule has 0 amide bonds. The summed E-state index contributed by atoms with van der Waals surface area (Å²) in [5, 5.41) is 0. The summed E-state index contributed by atoms with van der Waals surface area (Å²) < 4.78 is 208. The van der Waals surface area contributed by atoms with Crippen molar-refractivity contribution in [2.24, 2.45) is 0 Å². The van der Waals surface area contributed by atoms with Gasteiger partial charge in [-0.25, -0.2) is 4.39 Å². The van der Waals surface area contributed by atoms with E-state index < -0.39 is 48.1 Å². The summed E-state index contributed by atoms with van der Waals surface area (Å²) in [5.74, 6) is -39.8. The molecule has 1 unspecified atom stereocenters. The molecule has 0 radical (unpaired) electrons. The first kappa shape index (κ1) is 23.8. The lowest BCUT2D eigenvalue weighted by Gasteiger charge is -2.38. The highest BCUT2D eigenvalue weighted by atomic mass is 19.4. The Labute approximate surface area is 124 Å². The van der Waals surface area contributed by atoms with E-state index in [0.29, 0.717) is 0 Å². The highest BCUT2D eigenvalue weighted by molar-refractivity contribution is 5.10. The summed E-state index contributed by atoms with van der Waals surface area (Å²) >= 11 is 0. The van der Waals surface area contributed by atoms with Gasteiger partial charge in [0.05, 0.1) is 0 Å².